The van der Waals surface area contributed by atoms with Gasteiger partial charge in [0.05, 0.1) is 32.1 Å². The molecule has 0 aromatic carbocycles. The normalized spacial score (nSPS) is 18.0. The first-order valence-electron chi connectivity index (χ1n) is 7.87. The molecule has 0 aliphatic carbocycles. The monoisotopic (exact) mass is 346 g/mol. The molecule has 0 radical (unpaired) electrons. The molecular weight excluding hydrogens is 322 g/mol. The van der Waals surface area contributed by atoms with Gasteiger partial charge < -0.3 is 13.8 Å². The first-order valence-corrected chi connectivity index (χ1v) is 9.48. The van der Waals surface area contributed by atoms with E-state index in [1.165, 1.54) is 6.20 Å². The highest BCUT2D eigenvalue weighted by molar-refractivity contribution is 7.54. The molecule has 0 amide bonds. The van der Waals surface area contributed by atoms with Crippen molar-refractivity contribution in [3.63, 3.8) is 0 Å². The highest BCUT2D eigenvalue weighted by Crippen LogP contribution is 2.61. The quantitative estimate of drug-likeness (QED) is 0.674. The van der Waals surface area contributed by atoms with E-state index in [2.05, 4.69) is 9.88 Å². The fraction of sp³-hybridized carbons (Fsp3) is 0.667. The van der Waals surface area contributed by atoms with Crippen molar-refractivity contribution in [1.82, 2.24) is 9.88 Å². The van der Waals surface area contributed by atoms with Crippen LogP contribution in [-0.4, -0.2) is 49.4 Å². The van der Waals surface area contributed by atoms with E-state index in [1.54, 1.807) is 26.0 Å². The maximum absolute atomic E-state index is 14.6. The van der Waals surface area contributed by atoms with Crippen molar-refractivity contribution in [3.8, 4) is 0 Å². The van der Waals surface area contributed by atoms with E-state index in [-0.39, 0.29) is 18.8 Å². The second-order valence-corrected chi connectivity index (χ2v) is 7.23. The number of pyridine rings is 1. The second kappa shape index (κ2) is 8.85. The van der Waals surface area contributed by atoms with Gasteiger partial charge in [-0.15, -0.1) is 0 Å². The molecule has 1 saturated heterocycles. The summed E-state index contributed by atoms with van der Waals surface area (Å²) in [5.74, 6) is -1.83. The van der Waals surface area contributed by atoms with E-state index in [1.807, 2.05) is 0 Å². The maximum atomic E-state index is 14.6. The van der Waals surface area contributed by atoms with Crippen molar-refractivity contribution in [1.29, 1.82) is 0 Å². The van der Waals surface area contributed by atoms with Gasteiger partial charge in [0, 0.05) is 31.4 Å². The molecule has 0 N–H and O–H groups in total. The molecule has 23 heavy (non-hydrogen) atoms. The molecule has 8 heteroatoms. The van der Waals surface area contributed by atoms with Crippen LogP contribution in [0.4, 0.5) is 4.39 Å². The van der Waals surface area contributed by atoms with Gasteiger partial charge in [0.15, 0.2) is 0 Å². The van der Waals surface area contributed by atoms with Gasteiger partial charge in [0.25, 0.3) is 0 Å². The minimum atomic E-state index is -3.82. The van der Waals surface area contributed by atoms with E-state index in [0.29, 0.717) is 6.54 Å². The minimum absolute atomic E-state index is 0.125. The molecular formula is C15H24FN2O4P. The van der Waals surface area contributed by atoms with Gasteiger partial charge >= 0.3 is 7.60 Å². The smallest absolute Gasteiger partial charge is 0.369 e. The highest BCUT2D eigenvalue weighted by atomic mass is 31.2. The standard InChI is InChI=1S/C15H24FN2O4P/c1-3-21-23(19,22-4-2)15(16)13-5-6-14(17-11-13)12-18-7-9-20-10-8-18/h5-6,11,15H,3-4,7-10,12H2,1-2H3. The van der Waals surface area contributed by atoms with E-state index < -0.39 is 13.5 Å². The van der Waals surface area contributed by atoms with Gasteiger partial charge in [0.2, 0.25) is 5.91 Å². The SMILES string of the molecule is CCOP(=O)(OCC)C(F)c1ccc(CN2CCOCC2)nc1. The lowest BCUT2D eigenvalue weighted by Gasteiger charge is -2.26. The topological polar surface area (TPSA) is 60.9 Å². The number of nitrogens with zero attached hydrogens (tertiary/aromatic N) is 2. The Morgan fingerprint density at radius 1 is 1.30 bits per heavy atom. The number of rotatable bonds is 8. The van der Waals surface area contributed by atoms with Gasteiger partial charge in [-0.3, -0.25) is 14.4 Å². The van der Waals surface area contributed by atoms with Gasteiger partial charge in [-0.05, 0) is 19.9 Å². The number of alkyl halides is 1. The van der Waals surface area contributed by atoms with Crippen LogP contribution in [0.3, 0.4) is 0 Å². The summed E-state index contributed by atoms with van der Waals surface area (Å²) in [6.45, 7) is 7.41. The lowest BCUT2D eigenvalue weighted by atomic mass is 10.2. The van der Waals surface area contributed by atoms with Crippen LogP contribution in [0.25, 0.3) is 0 Å². The van der Waals surface area contributed by atoms with Crippen LogP contribution < -0.4 is 0 Å². The van der Waals surface area contributed by atoms with Crippen LogP contribution in [0.5, 0.6) is 0 Å². The van der Waals surface area contributed by atoms with Crippen molar-refractivity contribution in [2.75, 3.05) is 39.5 Å². The Hall–Kier alpha value is -0.850. The molecule has 0 spiro atoms. The molecule has 2 heterocycles. The number of morpholine rings is 1. The average molecular weight is 346 g/mol. The van der Waals surface area contributed by atoms with E-state index >= 15 is 0 Å². The molecule has 1 aromatic rings. The zero-order valence-corrected chi connectivity index (χ0v) is 14.5. The largest absolute Gasteiger partial charge is 0.379 e. The lowest BCUT2D eigenvalue weighted by Crippen LogP contribution is -2.35. The number of ether oxygens (including phenoxy) is 1. The Bertz CT molecular complexity index is 513. The third-order valence-electron chi connectivity index (χ3n) is 3.51. The Balaban J connectivity index is 2.03. The third-order valence-corrected chi connectivity index (χ3v) is 5.60. The summed E-state index contributed by atoms with van der Waals surface area (Å²) in [7, 11) is -3.82. The molecule has 0 saturated carbocycles. The first-order chi connectivity index (χ1) is 11.1. The maximum Gasteiger partial charge on any atom is 0.369 e. The molecule has 1 atom stereocenters. The minimum Gasteiger partial charge on any atom is -0.379 e. The fourth-order valence-corrected chi connectivity index (χ4v) is 3.94. The molecule has 1 aliphatic rings. The van der Waals surface area contributed by atoms with Crippen LogP contribution in [0.2, 0.25) is 0 Å². The van der Waals surface area contributed by atoms with Gasteiger partial charge in [0.1, 0.15) is 0 Å². The van der Waals surface area contributed by atoms with Crippen molar-refractivity contribution >= 4 is 7.60 Å². The third kappa shape index (κ3) is 5.06. The number of aromatic nitrogens is 1. The van der Waals surface area contributed by atoms with E-state index in [0.717, 1.165) is 32.0 Å². The fourth-order valence-electron chi connectivity index (χ4n) is 2.37. The Kier molecular flexibility index (Phi) is 7.11. The zero-order chi connectivity index (χ0) is 16.7. The molecule has 6 nitrogen and oxygen atoms in total. The van der Waals surface area contributed by atoms with Gasteiger partial charge in [-0.25, -0.2) is 4.39 Å². The zero-order valence-electron chi connectivity index (χ0n) is 13.6. The predicted molar refractivity (Wildman–Crippen MR) is 85.0 cm³/mol. The van der Waals surface area contributed by atoms with E-state index in [4.69, 9.17) is 13.8 Å². The van der Waals surface area contributed by atoms with Crippen molar-refractivity contribution < 1.29 is 22.7 Å². The van der Waals surface area contributed by atoms with E-state index in [9.17, 15) is 8.96 Å². The summed E-state index contributed by atoms with van der Waals surface area (Å²) >= 11 is 0. The Morgan fingerprint density at radius 3 is 2.48 bits per heavy atom. The number of halogens is 1. The summed E-state index contributed by atoms with van der Waals surface area (Å²) in [5, 5.41) is 0. The first kappa shape index (κ1) is 18.5. The molecule has 2 rings (SSSR count). The van der Waals surface area contributed by atoms with Crippen molar-refractivity contribution in [2.24, 2.45) is 0 Å². The Morgan fingerprint density at radius 2 is 1.96 bits per heavy atom. The summed E-state index contributed by atoms with van der Waals surface area (Å²) in [4.78, 5) is 6.50. The molecule has 1 fully saturated rings. The molecule has 0 bridgehead atoms. The van der Waals surface area contributed by atoms with Crippen molar-refractivity contribution in [2.45, 2.75) is 26.3 Å². The molecule has 130 valence electrons. The molecule has 1 aromatic heterocycles. The predicted octanol–water partition coefficient (Wildman–Crippen LogP) is 3.15. The highest BCUT2D eigenvalue weighted by Gasteiger charge is 2.37. The van der Waals surface area contributed by atoms with Crippen LogP contribution in [0, 0.1) is 0 Å². The lowest BCUT2D eigenvalue weighted by molar-refractivity contribution is 0.0336. The van der Waals surface area contributed by atoms with Crippen LogP contribution in [-0.2, 0) is 24.9 Å². The van der Waals surface area contributed by atoms with Crippen LogP contribution >= 0.6 is 7.60 Å². The average Bonchev–Trinajstić information content (AvgIpc) is 2.56. The summed E-state index contributed by atoms with van der Waals surface area (Å²) in [6, 6.07) is 3.34. The Labute approximate surface area is 136 Å². The second-order valence-electron chi connectivity index (χ2n) is 5.18. The van der Waals surface area contributed by atoms with Gasteiger partial charge in [-0.1, -0.05) is 6.07 Å². The molecule has 1 aliphatic heterocycles. The van der Waals surface area contributed by atoms with Crippen LogP contribution in [0.15, 0.2) is 18.3 Å². The summed E-state index contributed by atoms with van der Waals surface area (Å²) in [5.41, 5.74) is 1.05. The van der Waals surface area contributed by atoms with Crippen molar-refractivity contribution in [3.05, 3.63) is 29.6 Å². The van der Waals surface area contributed by atoms with Gasteiger partial charge in [-0.2, -0.15) is 0 Å². The molecule has 1 unspecified atom stereocenters. The summed E-state index contributed by atoms with van der Waals surface area (Å²) in [6.07, 6.45) is 1.41. The number of hydrogen-bond donors (Lipinski definition) is 0. The number of hydrogen-bond acceptors (Lipinski definition) is 6. The summed E-state index contributed by atoms with van der Waals surface area (Å²) < 4.78 is 42.4. The van der Waals surface area contributed by atoms with Crippen LogP contribution in [0.1, 0.15) is 31.0 Å².